The third-order valence-electron chi connectivity index (χ3n) is 4.15. The summed E-state index contributed by atoms with van der Waals surface area (Å²) < 4.78 is 0.282. The van der Waals surface area contributed by atoms with Crippen LogP contribution < -0.4 is 0 Å². The maximum atomic E-state index is 11.0. The van der Waals surface area contributed by atoms with E-state index < -0.39 is 0 Å². The van der Waals surface area contributed by atoms with Crippen molar-refractivity contribution in [2.75, 3.05) is 0 Å². The number of nitrogens with zero attached hydrogens (tertiary/aromatic N) is 3. The standard InChI is InChI=1S/C18H16ClI2N3O/c1-4-10-7-12(18(2,3)17(20)21)16(25)15(8-10)24-22-13-6-5-11(19)9-14(13)23-24/h4-9,17,25H,1H2,2-3H3. The molecular weight excluding hydrogens is 563 g/mol. The fourth-order valence-corrected chi connectivity index (χ4v) is 3.35. The van der Waals surface area contributed by atoms with Crippen molar-refractivity contribution in [2.45, 2.75) is 21.2 Å². The van der Waals surface area contributed by atoms with Crippen molar-refractivity contribution < 1.29 is 5.11 Å². The third kappa shape index (κ3) is 3.52. The second-order valence-electron chi connectivity index (χ2n) is 6.29. The molecule has 0 aliphatic heterocycles. The van der Waals surface area contributed by atoms with E-state index in [2.05, 4.69) is 75.8 Å². The molecule has 130 valence electrons. The molecule has 0 radical (unpaired) electrons. The van der Waals surface area contributed by atoms with Crippen LogP contribution in [-0.2, 0) is 5.41 Å². The summed E-state index contributed by atoms with van der Waals surface area (Å²) in [6, 6.07) is 9.14. The van der Waals surface area contributed by atoms with Crippen molar-refractivity contribution >= 4 is 73.9 Å². The van der Waals surface area contributed by atoms with Crippen molar-refractivity contribution in [3.8, 4) is 11.4 Å². The molecule has 1 aromatic heterocycles. The quantitative estimate of drug-likeness (QED) is 0.310. The first-order valence-electron chi connectivity index (χ1n) is 7.55. The van der Waals surface area contributed by atoms with Gasteiger partial charge < -0.3 is 5.11 Å². The third-order valence-corrected chi connectivity index (χ3v) is 7.49. The normalized spacial score (nSPS) is 12.1. The second kappa shape index (κ2) is 7.03. The van der Waals surface area contributed by atoms with Gasteiger partial charge >= 0.3 is 0 Å². The van der Waals surface area contributed by atoms with Gasteiger partial charge in [-0.1, -0.05) is 83.3 Å². The highest BCUT2D eigenvalue weighted by molar-refractivity contribution is 14.2. The highest BCUT2D eigenvalue weighted by atomic mass is 127. The first-order valence-corrected chi connectivity index (χ1v) is 10.4. The highest BCUT2D eigenvalue weighted by Gasteiger charge is 2.32. The van der Waals surface area contributed by atoms with E-state index in [1.165, 1.54) is 4.80 Å². The van der Waals surface area contributed by atoms with Crippen LogP contribution in [-0.4, -0.2) is 22.0 Å². The highest BCUT2D eigenvalue weighted by Crippen LogP contribution is 2.43. The number of halogens is 3. The number of hydrogen-bond acceptors (Lipinski definition) is 3. The Hall–Kier alpha value is -0.870. The van der Waals surface area contributed by atoms with Gasteiger partial charge in [0.05, 0.1) is 1.93 Å². The summed E-state index contributed by atoms with van der Waals surface area (Å²) in [7, 11) is 0. The van der Waals surface area contributed by atoms with Crippen LogP contribution in [0.3, 0.4) is 0 Å². The van der Waals surface area contributed by atoms with Crippen molar-refractivity contribution in [2.24, 2.45) is 0 Å². The van der Waals surface area contributed by atoms with E-state index in [-0.39, 0.29) is 13.1 Å². The summed E-state index contributed by atoms with van der Waals surface area (Å²) in [4.78, 5) is 1.46. The molecule has 0 unspecified atom stereocenters. The maximum Gasteiger partial charge on any atom is 0.146 e. The molecule has 0 aliphatic rings. The van der Waals surface area contributed by atoms with Gasteiger partial charge in [-0.05, 0) is 35.9 Å². The molecule has 0 atom stereocenters. The topological polar surface area (TPSA) is 50.9 Å². The SMILES string of the molecule is C=Cc1cc(-n2nc3ccc(Cl)cc3n2)c(O)c(C(C)(C)C(I)I)c1. The van der Waals surface area contributed by atoms with Gasteiger partial charge in [0.1, 0.15) is 22.5 Å². The number of phenols is 1. The van der Waals surface area contributed by atoms with Crippen molar-refractivity contribution in [1.82, 2.24) is 15.0 Å². The number of hydrogen-bond donors (Lipinski definition) is 1. The Morgan fingerprint density at radius 3 is 2.52 bits per heavy atom. The predicted molar refractivity (Wildman–Crippen MR) is 120 cm³/mol. The summed E-state index contributed by atoms with van der Waals surface area (Å²) >= 11 is 10.8. The monoisotopic (exact) mass is 579 g/mol. The number of alkyl halides is 2. The first kappa shape index (κ1) is 18.9. The lowest BCUT2D eigenvalue weighted by Gasteiger charge is -2.29. The summed E-state index contributed by atoms with van der Waals surface area (Å²) in [5.41, 5.74) is 3.43. The molecule has 0 amide bonds. The first-order chi connectivity index (χ1) is 11.7. The summed E-state index contributed by atoms with van der Waals surface area (Å²) in [6.07, 6.45) is 1.76. The van der Waals surface area contributed by atoms with Gasteiger partial charge in [-0.3, -0.25) is 0 Å². The van der Waals surface area contributed by atoms with Gasteiger partial charge in [-0.15, -0.1) is 15.0 Å². The lowest BCUT2D eigenvalue weighted by atomic mass is 9.85. The number of phenolic OH excluding ortho intramolecular Hbond substituents is 1. The van der Waals surface area contributed by atoms with E-state index >= 15 is 0 Å². The predicted octanol–water partition coefficient (Wildman–Crippen LogP) is 5.90. The van der Waals surface area contributed by atoms with Gasteiger partial charge in [-0.25, -0.2) is 0 Å². The van der Waals surface area contributed by atoms with Crippen LogP contribution in [0.5, 0.6) is 5.75 Å². The van der Waals surface area contributed by atoms with Crippen LogP contribution in [0.25, 0.3) is 22.8 Å². The largest absolute Gasteiger partial charge is 0.505 e. The zero-order valence-electron chi connectivity index (χ0n) is 13.7. The van der Waals surface area contributed by atoms with E-state index in [9.17, 15) is 5.11 Å². The molecule has 0 bridgehead atoms. The lowest BCUT2D eigenvalue weighted by molar-refractivity contribution is 0.441. The lowest BCUT2D eigenvalue weighted by Crippen LogP contribution is -2.25. The minimum absolute atomic E-state index is 0.181. The molecular formula is C18H16ClI2N3O. The van der Waals surface area contributed by atoms with Crippen LogP contribution in [0.2, 0.25) is 5.02 Å². The number of rotatable bonds is 4. The van der Waals surface area contributed by atoms with Crippen LogP contribution in [0.4, 0.5) is 0 Å². The molecule has 2 aromatic carbocycles. The summed E-state index contributed by atoms with van der Waals surface area (Å²) in [6.45, 7) is 8.08. The van der Waals surface area contributed by atoms with Gasteiger partial charge in [0, 0.05) is 16.0 Å². The second-order valence-corrected chi connectivity index (χ2v) is 11.6. The Balaban J connectivity index is 2.25. The molecule has 3 rings (SSSR count). The zero-order valence-corrected chi connectivity index (χ0v) is 18.7. The van der Waals surface area contributed by atoms with E-state index in [1.54, 1.807) is 18.2 Å². The van der Waals surface area contributed by atoms with Crippen LogP contribution >= 0.6 is 56.8 Å². The molecule has 0 fully saturated rings. The average molecular weight is 580 g/mol. The van der Waals surface area contributed by atoms with Crippen LogP contribution in [0.1, 0.15) is 25.0 Å². The van der Waals surface area contributed by atoms with E-state index in [0.29, 0.717) is 21.7 Å². The van der Waals surface area contributed by atoms with Crippen LogP contribution in [0.15, 0.2) is 36.9 Å². The molecule has 0 saturated carbocycles. The molecule has 1 heterocycles. The average Bonchev–Trinajstić information content (AvgIpc) is 2.97. The number of benzene rings is 2. The summed E-state index contributed by atoms with van der Waals surface area (Å²) in [5.74, 6) is 0.181. The number of aromatic nitrogens is 3. The molecule has 0 aliphatic carbocycles. The fourth-order valence-electron chi connectivity index (χ4n) is 2.52. The van der Waals surface area contributed by atoms with Gasteiger partial charge in [0.2, 0.25) is 0 Å². The maximum absolute atomic E-state index is 11.0. The molecule has 3 aromatic rings. The molecule has 25 heavy (non-hydrogen) atoms. The number of fused-ring (bicyclic) bond motifs is 1. The van der Waals surface area contributed by atoms with Gasteiger partial charge in [-0.2, -0.15) is 0 Å². The minimum atomic E-state index is -0.241. The van der Waals surface area contributed by atoms with Gasteiger partial charge in [0.25, 0.3) is 0 Å². The van der Waals surface area contributed by atoms with Crippen molar-refractivity contribution in [3.63, 3.8) is 0 Å². The summed E-state index contributed by atoms with van der Waals surface area (Å²) in [5, 5.41) is 20.5. The minimum Gasteiger partial charge on any atom is -0.505 e. The van der Waals surface area contributed by atoms with E-state index in [1.807, 2.05) is 18.2 Å². The van der Waals surface area contributed by atoms with Crippen molar-refractivity contribution in [3.05, 3.63) is 53.1 Å². The Morgan fingerprint density at radius 1 is 1.20 bits per heavy atom. The molecule has 1 N–H and O–H groups in total. The number of aromatic hydroxyl groups is 1. The molecule has 0 spiro atoms. The Kier molecular flexibility index (Phi) is 5.32. The van der Waals surface area contributed by atoms with Gasteiger partial charge in [0.15, 0.2) is 0 Å². The smallest absolute Gasteiger partial charge is 0.146 e. The van der Waals surface area contributed by atoms with E-state index in [0.717, 1.165) is 11.1 Å². The van der Waals surface area contributed by atoms with Crippen molar-refractivity contribution in [1.29, 1.82) is 0 Å². The van der Waals surface area contributed by atoms with E-state index in [4.69, 9.17) is 11.6 Å². The van der Waals surface area contributed by atoms with Crippen LogP contribution in [0, 0.1) is 0 Å². The molecule has 7 heteroatoms. The molecule has 0 saturated heterocycles. The zero-order chi connectivity index (χ0) is 18.4. The Morgan fingerprint density at radius 2 is 1.88 bits per heavy atom. The molecule has 4 nitrogen and oxygen atoms in total. The Labute approximate surface area is 178 Å². The fraction of sp³-hybridized carbons (Fsp3) is 0.222. The Bertz CT molecular complexity index is 966.